The van der Waals surface area contributed by atoms with E-state index in [1.807, 2.05) is 68.4 Å². The Morgan fingerprint density at radius 1 is 0.839 bits per heavy atom. The quantitative estimate of drug-likeness (QED) is 0.345. The summed E-state index contributed by atoms with van der Waals surface area (Å²) in [6.45, 7) is 3.69. The molecule has 0 radical (unpaired) electrons. The van der Waals surface area contributed by atoms with Crippen LogP contribution in [0.1, 0.15) is 32.1 Å². The Kier molecular flexibility index (Phi) is 8.88. The summed E-state index contributed by atoms with van der Waals surface area (Å²) in [4.78, 5) is 33.0. The topological polar surface area (TPSA) is 84.0 Å². The summed E-state index contributed by atoms with van der Waals surface area (Å²) in [7, 11) is 0. The van der Waals surface area contributed by atoms with E-state index >= 15 is 0 Å². The smallest absolute Gasteiger partial charge is 0.200 e. The number of aromatic nitrogens is 2. The van der Waals surface area contributed by atoms with Gasteiger partial charge in [-0.1, -0.05) is 17.7 Å². The van der Waals surface area contributed by atoms with Gasteiger partial charge in [0.05, 0.1) is 0 Å². The van der Waals surface area contributed by atoms with E-state index in [1.165, 1.54) is 6.07 Å². The first kappa shape index (κ1) is 23.7. The van der Waals surface area contributed by atoms with Gasteiger partial charge in [0.2, 0.25) is 5.91 Å². The molecule has 0 atom stereocenters. The molecular formula is C24H22FeN4O2-2. The molecule has 0 aliphatic heterocycles. The summed E-state index contributed by atoms with van der Waals surface area (Å²) in [5.41, 5.74) is 2.41. The number of nitrogens with one attached hydrogen (secondary N) is 2. The van der Waals surface area contributed by atoms with Crippen molar-refractivity contribution in [2.45, 2.75) is 13.8 Å². The predicted molar refractivity (Wildman–Crippen MR) is 118 cm³/mol. The van der Waals surface area contributed by atoms with Crippen molar-refractivity contribution >= 4 is 23.5 Å². The third-order valence-electron chi connectivity index (χ3n) is 4.09. The molecule has 0 fully saturated rings. The van der Waals surface area contributed by atoms with Crippen LogP contribution in [0.15, 0.2) is 84.9 Å². The molecule has 0 aliphatic rings. The summed E-state index contributed by atoms with van der Waals surface area (Å²) in [6.07, 6.45) is 0. The van der Waals surface area contributed by atoms with E-state index < -0.39 is 0 Å². The van der Waals surface area contributed by atoms with Crippen molar-refractivity contribution < 1.29 is 26.7 Å². The molecule has 0 spiro atoms. The molecule has 4 aromatic rings. The molecule has 6 nitrogen and oxygen atoms in total. The van der Waals surface area contributed by atoms with Crippen LogP contribution in [0.3, 0.4) is 0 Å². The summed E-state index contributed by atoms with van der Waals surface area (Å²) in [6, 6.07) is 25.5. The van der Waals surface area contributed by atoms with Crippen molar-refractivity contribution in [3.05, 3.63) is 107 Å². The second-order valence-corrected chi connectivity index (χ2v) is 6.59. The monoisotopic (exact) mass is 454 g/mol. The maximum Gasteiger partial charge on any atom is 0.200 e. The van der Waals surface area contributed by atoms with Crippen LogP contribution in [0.25, 0.3) is 0 Å². The van der Waals surface area contributed by atoms with Gasteiger partial charge in [0.25, 0.3) is 0 Å². The fraction of sp³-hybridized carbons (Fsp3) is 0.0833. The first-order chi connectivity index (χ1) is 14.5. The molecule has 160 valence electrons. The minimum Gasteiger partial charge on any atom is -0.318 e. The molecule has 0 saturated heterocycles. The molecule has 2 N–H and O–H groups in total. The number of aryl methyl sites for hydroxylation is 2. The molecule has 7 heteroatoms. The van der Waals surface area contributed by atoms with Gasteiger partial charge in [-0.2, -0.15) is 30.3 Å². The number of carbonyl (C=O) groups is 2. The summed E-state index contributed by atoms with van der Waals surface area (Å²) in [5, 5.41) is 5.43. The van der Waals surface area contributed by atoms with E-state index in [9.17, 15) is 9.59 Å². The average molecular weight is 454 g/mol. The van der Waals surface area contributed by atoms with Gasteiger partial charge in [0, 0.05) is 28.5 Å². The zero-order valence-electron chi connectivity index (χ0n) is 17.1. The van der Waals surface area contributed by atoms with Crippen LogP contribution in [0, 0.1) is 13.8 Å². The Labute approximate surface area is 192 Å². The Bertz CT molecular complexity index is 1030. The van der Waals surface area contributed by atoms with Gasteiger partial charge in [0.15, 0.2) is 5.91 Å². The first-order valence-corrected chi connectivity index (χ1v) is 9.45. The van der Waals surface area contributed by atoms with E-state index in [2.05, 4.69) is 20.6 Å². The first-order valence-electron chi connectivity index (χ1n) is 9.45. The molecule has 4 rings (SSSR count). The van der Waals surface area contributed by atoms with Crippen LogP contribution in [0.5, 0.6) is 0 Å². The number of rotatable bonds is 4. The van der Waals surface area contributed by atoms with E-state index in [1.54, 1.807) is 24.3 Å². The molecule has 2 aromatic heterocycles. The number of amides is 2. The predicted octanol–water partition coefficient (Wildman–Crippen LogP) is 4.72. The average Bonchev–Trinajstić information content (AvgIpc) is 3.43. The largest absolute Gasteiger partial charge is 0.318 e. The van der Waals surface area contributed by atoms with E-state index in [0.717, 1.165) is 11.4 Å². The normalized spacial score (nSPS) is 9.61. The molecule has 31 heavy (non-hydrogen) atoms. The third-order valence-corrected chi connectivity index (χ3v) is 4.09. The van der Waals surface area contributed by atoms with Crippen LogP contribution < -0.4 is 10.6 Å². The van der Waals surface area contributed by atoms with Gasteiger partial charge in [0.1, 0.15) is 11.6 Å². The molecular weight excluding hydrogens is 432 g/mol. The molecule has 0 unspecified atom stereocenters. The molecule has 2 amide bonds. The maximum absolute atomic E-state index is 12.3. The summed E-state index contributed by atoms with van der Waals surface area (Å²) < 4.78 is 0. The minimum atomic E-state index is -0.314. The van der Waals surface area contributed by atoms with Crippen molar-refractivity contribution in [3.63, 3.8) is 0 Å². The Morgan fingerprint density at radius 2 is 1.42 bits per heavy atom. The van der Waals surface area contributed by atoms with E-state index in [0.29, 0.717) is 22.8 Å². The zero-order chi connectivity index (χ0) is 21.3. The standard InChI is InChI=1S/C19H17N4O2.C5H5.Fe/c1-12-5-3-7-16(20-12)22-18(24)14-9-10-15(11-14)19(25)23-17-8-4-6-13(2)21-17;1-2-4-5-3-1;/h3-11H,1-2H3,(H,20,22,24)(H,21,23,25);1-5H;/q2*-1;. The summed E-state index contributed by atoms with van der Waals surface area (Å²) in [5.74, 6) is 0.319. The SMILES string of the molecule is Cc1cccc(NC(=O)c2cc[c-](C(=O)Nc3cccc(C)n3)c2)n1.[Fe].c1cc[cH-]c1. The molecule has 0 aliphatic carbocycles. The number of anilines is 2. The fourth-order valence-electron chi connectivity index (χ4n) is 2.65. The summed E-state index contributed by atoms with van der Waals surface area (Å²) >= 11 is 0. The minimum absolute atomic E-state index is 0. The van der Waals surface area contributed by atoms with Crippen molar-refractivity contribution in [2.24, 2.45) is 0 Å². The van der Waals surface area contributed by atoms with Crippen LogP contribution in [-0.2, 0) is 17.1 Å². The molecule has 0 bridgehead atoms. The van der Waals surface area contributed by atoms with Gasteiger partial charge in [-0.15, -0.1) is 5.56 Å². The van der Waals surface area contributed by atoms with Gasteiger partial charge in [-0.25, -0.2) is 28.2 Å². The number of hydrogen-bond acceptors (Lipinski definition) is 4. The van der Waals surface area contributed by atoms with Crippen molar-refractivity contribution in [3.8, 4) is 0 Å². The molecule has 0 saturated carbocycles. The third kappa shape index (κ3) is 7.33. The molecule has 2 heterocycles. The van der Waals surface area contributed by atoms with E-state index in [4.69, 9.17) is 0 Å². The molecule has 2 aromatic carbocycles. The van der Waals surface area contributed by atoms with Crippen molar-refractivity contribution in [2.75, 3.05) is 10.6 Å². The number of nitrogens with zero attached hydrogens (tertiary/aromatic N) is 2. The second kappa shape index (κ2) is 11.6. The zero-order valence-corrected chi connectivity index (χ0v) is 18.3. The van der Waals surface area contributed by atoms with E-state index in [-0.39, 0.29) is 28.9 Å². The van der Waals surface area contributed by atoms with Crippen molar-refractivity contribution in [1.29, 1.82) is 0 Å². The van der Waals surface area contributed by atoms with Crippen LogP contribution in [0.4, 0.5) is 11.6 Å². The number of carbonyl (C=O) groups excluding carboxylic acids is 2. The van der Waals surface area contributed by atoms with Crippen LogP contribution in [0.2, 0.25) is 0 Å². The Hall–Kier alpha value is -3.54. The second-order valence-electron chi connectivity index (χ2n) is 6.59. The van der Waals surface area contributed by atoms with Gasteiger partial charge in [-0.05, 0) is 38.1 Å². The van der Waals surface area contributed by atoms with Gasteiger partial charge < -0.3 is 10.6 Å². The Morgan fingerprint density at radius 3 is 1.94 bits per heavy atom. The fourth-order valence-corrected chi connectivity index (χ4v) is 2.65. The van der Waals surface area contributed by atoms with Crippen LogP contribution >= 0.6 is 0 Å². The van der Waals surface area contributed by atoms with Crippen LogP contribution in [-0.4, -0.2) is 21.8 Å². The number of pyridine rings is 2. The Balaban J connectivity index is 0.000000501. The van der Waals surface area contributed by atoms with Gasteiger partial charge >= 0.3 is 0 Å². The van der Waals surface area contributed by atoms with Crippen molar-refractivity contribution in [1.82, 2.24) is 9.97 Å². The van der Waals surface area contributed by atoms with Gasteiger partial charge in [-0.3, -0.25) is 9.59 Å². The maximum atomic E-state index is 12.3. The number of hydrogen-bond donors (Lipinski definition) is 2.